The Balaban J connectivity index is 2.51. The topological polar surface area (TPSA) is 48.4 Å². The molecule has 1 aromatic rings. The summed E-state index contributed by atoms with van der Waals surface area (Å²) in [4.78, 5) is 4.02. The summed E-state index contributed by atoms with van der Waals surface area (Å²) in [5.41, 5.74) is 0. The number of hydrogen-bond acceptors (Lipinski definition) is 6. The minimum atomic E-state index is -3.00. The number of rotatable bonds is 5. The SMILES string of the molecule is COP(=O)(OC)SCc1ncc(Cl)s1. The van der Waals surface area contributed by atoms with Gasteiger partial charge in [-0.1, -0.05) is 11.6 Å². The minimum Gasteiger partial charge on any atom is -0.304 e. The predicted molar refractivity (Wildman–Crippen MR) is 60.0 cm³/mol. The highest BCUT2D eigenvalue weighted by Crippen LogP contribution is 2.60. The molecule has 80 valence electrons. The molecular weight excluding hydrogens is 265 g/mol. The van der Waals surface area contributed by atoms with Gasteiger partial charge in [0.05, 0.1) is 11.9 Å². The van der Waals surface area contributed by atoms with Crippen LogP contribution < -0.4 is 0 Å². The molecule has 0 aliphatic rings. The molecule has 0 atom stereocenters. The fourth-order valence-corrected chi connectivity index (χ4v) is 4.27. The molecule has 1 rings (SSSR count). The van der Waals surface area contributed by atoms with Crippen LogP contribution in [-0.2, 0) is 19.4 Å². The van der Waals surface area contributed by atoms with Crippen LogP contribution in [0.15, 0.2) is 6.20 Å². The van der Waals surface area contributed by atoms with Gasteiger partial charge in [0.25, 0.3) is 0 Å². The van der Waals surface area contributed by atoms with Crippen LogP contribution in [-0.4, -0.2) is 19.2 Å². The Morgan fingerprint density at radius 1 is 1.64 bits per heavy atom. The monoisotopic (exact) mass is 273 g/mol. The summed E-state index contributed by atoms with van der Waals surface area (Å²) < 4.78 is 21.7. The van der Waals surface area contributed by atoms with E-state index in [9.17, 15) is 4.57 Å². The summed E-state index contributed by atoms with van der Waals surface area (Å²) in [5, 5.41) is 0.800. The van der Waals surface area contributed by atoms with Crippen LogP contribution in [0.4, 0.5) is 0 Å². The molecule has 0 saturated heterocycles. The third kappa shape index (κ3) is 3.53. The zero-order valence-electron chi connectivity index (χ0n) is 7.60. The van der Waals surface area contributed by atoms with Gasteiger partial charge in [0, 0.05) is 14.2 Å². The van der Waals surface area contributed by atoms with Crippen LogP contribution >= 0.6 is 41.1 Å². The van der Waals surface area contributed by atoms with Crippen molar-refractivity contribution >= 4 is 41.1 Å². The highest BCUT2D eigenvalue weighted by atomic mass is 35.5. The lowest BCUT2D eigenvalue weighted by Crippen LogP contribution is -1.85. The van der Waals surface area contributed by atoms with Crippen LogP contribution in [0.2, 0.25) is 4.34 Å². The lowest BCUT2D eigenvalue weighted by atomic mass is 10.8. The van der Waals surface area contributed by atoms with Crippen LogP contribution in [0.5, 0.6) is 0 Å². The third-order valence-electron chi connectivity index (χ3n) is 1.32. The van der Waals surface area contributed by atoms with Gasteiger partial charge in [0.1, 0.15) is 9.34 Å². The molecule has 0 bridgehead atoms. The van der Waals surface area contributed by atoms with Gasteiger partial charge in [-0.15, -0.1) is 11.3 Å². The molecule has 0 amide bonds. The normalized spacial score (nSPS) is 11.9. The molecule has 0 fully saturated rings. The fourth-order valence-electron chi connectivity index (χ4n) is 0.669. The van der Waals surface area contributed by atoms with Gasteiger partial charge in [-0.05, 0) is 11.4 Å². The van der Waals surface area contributed by atoms with Crippen molar-refractivity contribution in [3.63, 3.8) is 0 Å². The first kappa shape index (κ1) is 12.5. The van der Waals surface area contributed by atoms with Gasteiger partial charge in [0.2, 0.25) is 0 Å². The maximum atomic E-state index is 11.6. The summed E-state index contributed by atoms with van der Waals surface area (Å²) in [6.45, 7) is -3.00. The first-order valence-corrected chi connectivity index (χ1v) is 7.88. The number of aromatic nitrogens is 1. The highest BCUT2D eigenvalue weighted by Gasteiger charge is 2.22. The van der Waals surface area contributed by atoms with E-state index in [0.717, 1.165) is 16.4 Å². The second-order valence-electron chi connectivity index (χ2n) is 2.14. The summed E-state index contributed by atoms with van der Waals surface area (Å²) in [5.74, 6) is 0.469. The quantitative estimate of drug-likeness (QED) is 0.769. The molecule has 0 unspecified atom stereocenters. The lowest BCUT2D eigenvalue weighted by molar-refractivity contribution is 0.295. The molecule has 0 aliphatic heterocycles. The third-order valence-corrected chi connectivity index (χ3v) is 6.46. The lowest BCUT2D eigenvalue weighted by Gasteiger charge is -2.10. The molecular formula is C6H9ClNO3PS2. The second kappa shape index (κ2) is 5.49. The Labute approximate surface area is 95.3 Å². The van der Waals surface area contributed by atoms with E-state index in [2.05, 4.69) is 4.98 Å². The van der Waals surface area contributed by atoms with Crippen molar-refractivity contribution < 1.29 is 13.6 Å². The van der Waals surface area contributed by atoms with E-state index in [4.69, 9.17) is 20.6 Å². The average molecular weight is 274 g/mol. The van der Waals surface area contributed by atoms with Gasteiger partial charge >= 0.3 is 6.80 Å². The van der Waals surface area contributed by atoms with Crippen molar-refractivity contribution in [3.8, 4) is 0 Å². The van der Waals surface area contributed by atoms with E-state index < -0.39 is 6.80 Å². The zero-order valence-corrected chi connectivity index (χ0v) is 10.9. The first-order valence-electron chi connectivity index (χ1n) is 3.56. The predicted octanol–water partition coefficient (Wildman–Crippen LogP) is 3.43. The molecule has 0 radical (unpaired) electrons. The van der Waals surface area contributed by atoms with Crippen LogP contribution in [0.3, 0.4) is 0 Å². The first-order chi connectivity index (χ1) is 6.59. The molecule has 1 heterocycles. The van der Waals surface area contributed by atoms with Gasteiger partial charge < -0.3 is 9.05 Å². The molecule has 14 heavy (non-hydrogen) atoms. The van der Waals surface area contributed by atoms with Crippen molar-refractivity contribution in [1.82, 2.24) is 4.98 Å². The molecule has 8 heteroatoms. The smallest absolute Gasteiger partial charge is 0.304 e. The fraction of sp³-hybridized carbons (Fsp3) is 0.500. The molecule has 4 nitrogen and oxygen atoms in total. The standard InChI is InChI=1S/C6H9ClNO3PS2/c1-10-12(9,11-2)13-4-6-8-3-5(7)14-6/h3H,4H2,1-2H3. The van der Waals surface area contributed by atoms with E-state index in [1.807, 2.05) is 0 Å². The van der Waals surface area contributed by atoms with E-state index >= 15 is 0 Å². The van der Waals surface area contributed by atoms with Crippen molar-refractivity contribution in [3.05, 3.63) is 15.5 Å². The zero-order chi connectivity index (χ0) is 10.6. The van der Waals surface area contributed by atoms with E-state index in [-0.39, 0.29) is 0 Å². The highest BCUT2D eigenvalue weighted by molar-refractivity contribution is 8.54. The second-order valence-corrected chi connectivity index (χ2v) is 8.18. The average Bonchev–Trinajstić information content (AvgIpc) is 2.61. The summed E-state index contributed by atoms with van der Waals surface area (Å²) in [7, 11) is 2.71. The van der Waals surface area contributed by atoms with Gasteiger partial charge in [0.15, 0.2) is 0 Å². The number of nitrogens with zero attached hydrogens (tertiary/aromatic N) is 1. The number of hydrogen-bond donors (Lipinski definition) is 0. The Kier molecular flexibility index (Phi) is 4.90. The molecule has 0 aromatic carbocycles. The van der Waals surface area contributed by atoms with Crippen molar-refractivity contribution in [1.29, 1.82) is 0 Å². The number of thiazole rings is 1. The maximum Gasteiger partial charge on any atom is 0.388 e. The molecule has 0 N–H and O–H groups in total. The Morgan fingerprint density at radius 2 is 2.29 bits per heavy atom. The number of halogens is 1. The van der Waals surface area contributed by atoms with Crippen molar-refractivity contribution in [2.24, 2.45) is 0 Å². The summed E-state index contributed by atoms with van der Waals surface area (Å²) >= 11 is 8.13. The maximum absolute atomic E-state index is 11.6. The Morgan fingerprint density at radius 3 is 2.71 bits per heavy atom. The van der Waals surface area contributed by atoms with Crippen molar-refractivity contribution in [2.75, 3.05) is 14.2 Å². The van der Waals surface area contributed by atoms with Gasteiger partial charge in [-0.2, -0.15) is 0 Å². The van der Waals surface area contributed by atoms with Crippen LogP contribution in [0.25, 0.3) is 0 Å². The summed E-state index contributed by atoms with van der Waals surface area (Å²) in [6.07, 6.45) is 1.56. The van der Waals surface area contributed by atoms with Crippen LogP contribution in [0.1, 0.15) is 5.01 Å². The van der Waals surface area contributed by atoms with Crippen LogP contribution in [0, 0.1) is 0 Å². The molecule has 0 saturated carbocycles. The van der Waals surface area contributed by atoms with Crippen molar-refractivity contribution in [2.45, 2.75) is 5.75 Å². The molecule has 0 aliphatic carbocycles. The summed E-state index contributed by atoms with van der Waals surface area (Å²) in [6, 6.07) is 0. The largest absolute Gasteiger partial charge is 0.388 e. The molecule has 0 spiro atoms. The Bertz CT molecular complexity index is 338. The van der Waals surface area contributed by atoms with E-state index in [1.54, 1.807) is 6.20 Å². The van der Waals surface area contributed by atoms with E-state index in [1.165, 1.54) is 25.6 Å². The van der Waals surface area contributed by atoms with E-state index in [0.29, 0.717) is 10.1 Å². The molecule has 1 aromatic heterocycles. The Hall–Kier alpha value is 0.420. The minimum absolute atomic E-state index is 0.469. The van der Waals surface area contributed by atoms with Gasteiger partial charge in [-0.3, -0.25) is 0 Å². The van der Waals surface area contributed by atoms with Gasteiger partial charge in [-0.25, -0.2) is 9.55 Å².